The Bertz CT molecular complexity index is 783. The van der Waals surface area contributed by atoms with Gasteiger partial charge in [-0.3, -0.25) is 9.59 Å². The number of carbonyl (C=O) groups is 2. The molecule has 142 valence electrons. The highest BCUT2D eigenvalue weighted by Gasteiger charge is 2.16. The molecule has 1 fully saturated rings. The molecule has 0 saturated carbocycles. The van der Waals surface area contributed by atoms with Crippen LogP contribution in [0.1, 0.15) is 40.5 Å². The molecule has 0 aliphatic carbocycles. The van der Waals surface area contributed by atoms with E-state index < -0.39 is 0 Å². The van der Waals surface area contributed by atoms with Crippen molar-refractivity contribution in [3.63, 3.8) is 0 Å². The molecule has 1 saturated heterocycles. The molecule has 2 amide bonds. The van der Waals surface area contributed by atoms with E-state index in [9.17, 15) is 9.59 Å². The maximum Gasteiger partial charge on any atom is 0.255 e. The zero-order chi connectivity index (χ0) is 19.1. The van der Waals surface area contributed by atoms with E-state index in [1.807, 2.05) is 13.0 Å². The molecular formula is C21H24N2O4. The van der Waals surface area contributed by atoms with Gasteiger partial charge in [-0.1, -0.05) is 6.07 Å². The minimum atomic E-state index is -0.230. The third kappa shape index (κ3) is 5.31. The summed E-state index contributed by atoms with van der Waals surface area (Å²) in [4.78, 5) is 24.6. The Morgan fingerprint density at radius 2 is 1.93 bits per heavy atom. The van der Waals surface area contributed by atoms with E-state index >= 15 is 0 Å². The van der Waals surface area contributed by atoms with Crippen LogP contribution in [0, 0.1) is 0 Å². The van der Waals surface area contributed by atoms with E-state index in [2.05, 4.69) is 10.6 Å². The first-order valence-corrected chi connectivity index (χ1v) is 9.20. The topological polar surface area (TPSA) is 76.7 Å². The van der Waals surface area contributed by atoms with E-state index in [-0.39, 0.29) is 17.9 Å². The van der Waals surface area contributed by atoms with Crippen molar-refractivity contribution < 1.29 is 19.1 Å². The van der Waals surface area contributed by atoms with Crippen LogP contribution < -0.4 is 15.4 Å². The van der Waals surface area contributed by atoms with Crippen molar-refractivity contribution >= 4 is 17.5 Å². The number of amides is 2. The summed E-state index contributed by atoms with van der Waals surface area (Å²) in [6.07, 6.45) is 2.14. The molecule has 27 heavy (non-hydrogen) atoms. The number of benzene rings is 2. The van der Waals surface area contributed by atoms with Crippen LogP contribution in [0.15, 0.2) is 48.5 Å². The van der Waals surface area contributed by atoms with Crippen LogP contribution in [0.5, 0.6) is 5.75 Å². The monoisotopic (exact) mass is 368 g/mol. The molecule has 2 N–H and O–H groups in total. The first-order valence-electron chi connectivity index (χ1n) is 9.20. The molecule has 0 bridgehead atoms. The van der Waals surface area contributed by atoms with Gasteiger partial charge in [0.1, 0.15) is 5.75 Å². The first-order chi connectivity index (χ1) is 13.2. The lowest BCUT2D eigenvalue weighted by Gasteiger charge is -2.11. The third-order valence-electron chi connectivity index (χ3n) is 4.33. The van der Waals surface area contributed by atoms with Gasteiger partial charge < -0.3 is 20.1 Å². The second-order valence-electron chi connectivity index (χ2n) is 6.34. The number of ether oxygens (including phenoxy) is 2. The molecule has 1 aliphatic rings. The molecule has 1 heterocycles. The standard InChI is InChI=1S/C21H24N2O4/c1-2-26-18-6-3-5-16(13-18)21(25)23-17-10-8-15(9-11-17)20(24)22-14-19-7-4-12-27-19/h3,5-6,8-11,13,19H,2,4,7,12,14H2,1H3,(H,22,24)(H,23,25). The maximum absolute atomic E-state index is 12.4. The van der Waals surface area contributed by atoms with Crippen molar-refractivity contribution in [3.05, 3.63) is 59.7 Å². The van der Waals surface area contributed by atoms with Crippen LogP contribution in [-0.4, -0.2) is 37.7 Å². The Morgan fingerprint density at radius 3 is 2.63 bits per heavy atom. The Hall–Kier alpha value is -2.86. The van der Waals surface area contributed by atoms with Crippen molar-refractivity contribution in [2.24, 2.45) is 0 Å². The molecule has 0 radical (unpaired) electrons. The van der Waals surface area contributed by atoms with Crippen molar-refractivity contribution in [1.82, 2.24) is 5.32 Å². The average molecular weight is 368 g/mol. The number of carbonyl (C=O) groups excluding carboxylic acids is 2. The summed E-state index contributed by atoms with van der Waals surface area (Å²) in [6, 6.07) is 13.8. The van der Waals surface area contributed by atoms with Crippen molar-refractivity contribution in [2.75, 3.05) is 25.1 Å². The van der Waals surface area contributed by atoms with Crippen molar-refractivity contribution in [3.8, 4) is 5.75 Å². The lowest BCUT2D eigenvalue weighted by Crippen LogP contribution is -2.31. The molecule has 2 aromatic carbocycles. The minimum absolute atomic E-state index is 0.111. The van der Waals surface area contributed by atoms with Crippen LogP contribution in [0.25, 0.3) is 0 Å². The zero-order valence-electron chi connectivity index (χ0n) is 15.4. The lowest BCUT2D eigenvalue weighted by atomic mass is 10.1. The van der Waals surface area contributed by atoms with Gasteiger partial charge in [0.05, 0.1) is 12.7 Å². The molecule has 3 rings (SSSR count). The fourth-order valence-electron chi connectivity index (χ4n) is 2.92. The van der Waals surface area contributed by atoms with E-state index in [1.165, 1.54) is 0 Å². The molecule has 0 aromatic heterocycles. The van der Waals surface area contributed by atoms with E-state index in [0.717, 1.165) is 19.4 Å². The predicted octanol–water partition coefficient (Wildman–Crippen LogP) is 3.25. The van der Waals surface area contributed by atoms with E-state index in [4.69, 9.17) is 9.47 Å². The van der Waals surface area contributed by atoms with Gasteiger partial charge in [0.15, 0.2) is 0 Å². The molecule has 0 spiro atoms. The highest BCUT2D eigenvalue weighted by molar-refractivity contribution is 6.04. The van der Waals surface area contributed by atoms with Gasteiger partial charge in [0, 0.05) is 30.0 Å². The van der Waals surface area contributed by atoms with E-state index in [1.54, 1.807) is 42.5 Å². The normalized spacial score (nSPS) is 16.0. The zero-order valence-corrected chi connectivity index (χ0v) is 15.4. The summed E-state index contributed by atoms with van der Waals surface area (Å²) in [5.74, 6) is 0.281. The smallest absolute Gasteiger partial charge is 0.255 e. The van der Waals surface area contributed by atoms with E-state index in [0.29, 0.717) is 35.7 Å². The summed E-state index contributed by atoms with van der Waals surface area (Å²) in [7, 11) is 0. The highest BCUT2D eigenvalue weighted by atomic mass is 16.5. The maximum atomic E-state index is 12.4. The molecule has 1 unspecified atom stereocenters. The lowest BCUT2D eigenvalue weighted by molar-refractivity contribution is 0.0857. The molecule has 6 nitrogen and oxygen atoms in total. The fourth-order valence-corrected chi connectivity index (χ4v) is 2.92. The summed E-state index contributed by atoms with van der Waals surface area (Å²) in [6.45, 7) is 3.72. The number of anilines is 1. The SMILES string of the molecule is CCOc1cccc(C(=O)Nc2ccc(C(=O)NCC3CCCO3)cc2)c1. The number of hydrogen-bond acceptors (Lipinski definition) is 4. The van der Waals surface area contributed by atoms with Crippen LogP contribution in [0.2, 0.25) is 0 Å². The highest BCUT2D eigenvalue weighted by Crippen LogP contribution is 2.16. The summed E-state index contributed by atoms with van der Waals surface area (Å²) in [5, 5.41) is 5.70. The predicted molar refractivity (Wildman–Crippen MR) is 103 cm³/mol. The van der Waals surface area contributed by atoms with Crippen LogP contribution in [-0.2, 0) is 4.74 Å². The van der Waals surface area contributed by atoms with Gasteiger partial charge >= 0.3 is 0 Å². The van der Waals surface area contributed by atoms with Crippen LogP contribution in [0.4, 0.5) is 5.69 Å². The van der Waals surface area contributed by atoms with Crippen molar-refractivity contribution in [2.45, 2.75) is 25.9 Å². The number of hydrogen-bond donors (Lipinski definition) is 2. The Balaban J connectivity index is 1.55. The molecule has 2 aromatic rings. The molecule has 1 atom stereocenters. The van der Waals surface area contributed by atoms with Gasteiger partial charge in [-0.25, -0.2) is 0 Å². The average Bonchev–Trinajstić information content (AvgIpc) is 3.21. The second kappa shape index (κ2) is 9.19. The summed E-state index contributed by atoms with van der Waals surface area (Å²) in [5.41, 5.74) is 1.68. The largest absolute Gasteiger partial charge is 0.494 e. The molecule has 1 aliphatic heterocycles. The quantitative estimate of drug-likeness (QED) is 0.787. The summed E-state index contributed by atoms with van der Waals surface area (Å²) >= 11 is 0. The Morgan fingerprint density at radius 1 is 1.11 bits per heavy atom. The van der Waals surface area contributed by atoms with Gasteiger partial charge in [-0.2, -0.15) is 0 Å². The molecular weight excluding hydrogens is 344 g/mol. The Labute approximate surface area is 158 Å². The third-order valence-corrected chi connectivity index (χ3v) is 4.33. The van der Waals surface area contributed by atoms with Gasteiger partial charge in [-0.15, -0.1) is 0 Å². The van der Waals surface area contributed by atoms with Gasteiger partial charge in [0.25, 0.3) is 11.8 Å². The fraction of sp³-hybridized carbons (Fsp3) is 0.333. The minimum Gasteiger partial charge on any atom is -0.494 e. The molecule has 6 heteroatoms. The first kappa shape index (κ1) is 18.9. The van der Waals surface area contributed by atoms with Gasteiger partial charge in [0.2, 0.25) is 0 Å². The number of rotatable bonds is 7. The van der Waals surface area contributed by atoms with Crippen LogP contribution in [0.3, 0.4) is 0 Å². The van der Waals surface area contributed by atoms with Crippen molar-refractivity contribution in [1.29, 1.82) is 0 Å². The second-order valence-corrected chi connectivity index (χ2v) is 6.34. The van der Waals surface area contributed by atoms with Gasteiger partial charge in [-0.05, 0) is 62.2 Å². The number of nitrogens with one attached hydrogen (secondary N) is 2. The van der Waals surface area contributed by atoms with Crippen LogP contribution >= 0.6 is 0 Å². The Kier molecular flexibility index (Phi) is 6.44. The summed E-state index contributed by atoms with van der Waals surface area (Å²) < 4.78 is 10.9.